The summed E-state index contributed by atoms with van der Waals surface area (Å²) in [6, 6.07) is 2.26. The van der Waals surface area contributed by atoms with Gasteiger partial charge in [-0.25, -0.2) is 4.79 Å². The fourth-order valence-corrected chi connectivity index (χ4v) is 2.75. The molecule has 0 aliphatic carbocycles. The maximum Gasteiger partial charge on any atom is 0.326 e. The van der Waals surface area contributed by atoms with Crippen LogP contribution in [0.5, 0.6) is 0 Å². The molecule has 0 spiro atoms. The van der Waals surface area contributed by atoms with Crippen LogP contribution in [-0.4, -0.2) is 40.9 Å². The molecule has 1 unspecified atom stereocenters. The van der Waals surface area contributed by atoms with Gasteiger partial charge < -0.3 is 15.7 Å². The van der Waals surface area contributed by atoms with Gasteiger partial charge in [-0.1, -0.05) is 0 Å². The van der Waals surface area contributed by atoms with Crippen LogP contribution in [0.4, 0.5) is 5.00 Å². The molecule has 3 N–H and O–H groups in total. The van der Waals surface area contributed by atoms with E-state index in [0.717, 1.165) is 11.3 Å². The first-order chi connectivity index (χ1) is 9.43. The van der Waals surface area contributed by atoms with Crippen LogP contribution < -0.4 is 10.6 Å². The van der Waals surface area contributed by atoms with Crippen LogP contribution in [0.25, 0.3) is 0 Å². The maximum atomic E-state index is 11.9. The molecule has 0 saturated heterocycles. The molecule has 0 aliphatic rings. The van der Waals surface area contributed by atoms with Crippen molar-refractivity contribution in [3.8, 4) is 0 Å². The number of carbonyl (C=O) groups excluding carboxylic acids is 2. The lowest BCUT2D eigenvalue weighted by Gasteiger charge is -2.12. The summed E-state index contributed by atoms with van der Waals surface area (Å²) >= 11 is 2.63. The van der Waals surface area contributed by atoms with Gasteiger partial charge in [0.05, 0.1) is 9.88 Å². The second kappa shape index (κ2) is 7.91. The second-order valence-electron chi connectivity index (χ2n) is 3.99. The van der Waals surface area contributed by atoms with Crippen molar-refractivity contribution >= 4 is 45.9 Å². The van der Waals surface area contributed by atoms with E-state index in [1.165, 1.54) is 18.7 Å². The molecule has 0 bridgehead atoms. The van der Waals surface area contributed by atoms with Gasteiger partial charge in [0.15, 0.2) is 0 Å². The van der Waals surface area contributed by atoms with Crippen LogP contribution in [0.15, 0.2) is 12.1 Å². The molecule has 8 heteroatoms. The van der Waals surface area contributed by atoms with Crippen molar-refractivity contribution in [3.05, 3.63) is 17.0 Å². The summed E-state index contributed by atoms with van der Waals surface area (Å²) in [6.45, 7) is 1.38. The third-order valence-electron chi connectivity index (χ3n) is 2.34. The Labute approximate surface area is 124 Å². The number of carbonyl (C=O) groups is 3. The molecule has 0 radical (unpaired) electrons. The first-order valence-electron chi connectivity index (χ1n) is 5.84. The van der Waals surface area contributed by atoms with Gasteiger partial charge in [-0.15, -0.1) is 11.3 Å². The Bertz CT molecular complexity index is 501. The van der Waals surface area contributed by atoms with Crippen LogP contribution in [0, 0.1) is 0 Å². The Balaban J connectivity index is 2.66. The summed E-state index contributed by atoms with van der Waals surface area (Å²) in [7, 11) is 0. The summed E-state index contributed by atoms with van der Waals surface area (Å²) in [6.07, 6.45) is 2.24. The zero-order valence-corrected chi connectivity index (χ0v) is 12.8. The number of thioether (sulfide) groups is 1. The summed E-state index contributed by atoms with van der Waals surface area (Å²) < 4.78 is 0. The van der Waals surface area contributed by atoms with Crippen LogP contribution in [0.1, 0.15) is 23.0 Å². The minimum Gasteiger partial charge on any atom is -0.480 e. The molecule has 2 amide bonds. The molecule has 0 saturated carbocycles. The van der Waals surface area contributed by atoms with E-state index < -0.39 is 17.9 Å². The molecule has 0 aromatic carbocycles. The second-order valence-corrected chi connectivity index (χ2v) is 6.06. The number of aliphatic carboxylic acids is 1. The fourth-order valence-electron chi connectivity index (χ4n) is 1.42. The lowest BCUT2D eigenvalue weighted by molar-refractivity contribution is -0.139. The van der Waals surface area contributed by atoms with Crippen molar-refractivity contribution in [1.29, 1.82) is 0 Å². The Morgan fingerprint density at radius 1 is 1.40 bits per heavy atom. The normalized spacial score (nSPS) is 11.7. The van der Waals surface area contributed by atoms with Crippen LogP contribution in [0.3, 0.4) is 0 Å². The van der Waals surface area contributed by atoms with E-state index in [-0.39, 0.29) is 5.91 Å². The van der Waals surface area contributed by atoms with Crippen molar-refractivity contribution in [2.24, 2.45) is 0 Å². The smallest absolute Gasteiger partial charge is 0.326 e. The SMILES string of the molecule is CSCCC(NC(=O)c1ccc(NC(C)=O)s1)C(=O)O. The number of nitrogens with one attached hydrogen (secondary N) is 2. The average molecular weight is 316 g/mol. The van der Waals surface area contributed by atoms with Gasteiger partial charge in [-0.3, -0.25) is 9.59 Å². The van der Waals surface area contributed by atoms with Gasteiger partial charge in [0.1, 0.15) is 6.04 Å². The van der Waals surface area contributed by atoms with Crippen molar-refractivity contribution < 1.29 is 19.5 Å². The number of thiophene rings is 1. The lowest BCUT2D eigenvalue weighted by atomic mass is 10.2. The quantitative estimate of drug-likeness (QED) is 0.711. The van der Waals surface area contributed by atoms with Gasteiger partial charge in [-0.05, 0) is 30.6 Å². The minimum absolute atomic E-state index is 0.220. The topological polar surface area (TPSA) is 95.5 Å². The van der Waals surface area contributed by atoms with E-state index in [0.29, 0.717) is 22.1 Å². The van der Waals surface area contributed by atoms with Gasteiger partial charge in [0.25, 0.3) is 5.91 Å². The van der Waals surface area contributed by atoms with Crippen LogP contribution in [-0.2, 0) is 9.59 Å². The summed E-state index contributed by atoms with van der Waals surface area (Å²) in [5.41, 5.74) is 0. The first kappa shape index (κ1) is 16.5. The van der Waals surface area contributed by atoms with E-state index in [1.54, 1.807) is 12.1 Å². The molecule has 20 heavy (non-hydrogen) atoms. The summed E-state index contributed by atoms with van der Waals surface area (Å²) in [4.78, 5) is 34.2. The molecule has 1 heterocycles. The third-order valence-corrected chi connectivity index (χ3v) is 3.99. The van der Waals surface area contributed by atoms with Crippen molar-refractivity contribution in [2.75, 3.05) is 17.3 Å². The minimum atomic E-state index is -1.05. The highest BCUT2D eigenvalue weighted by Gasteiger charge is 2.21. The Kier molecular flexibility index (Phi) is 6.53. The standard InChI is InChI=1S/C12H16N2O4S2/c1-7(15)13-10-4-3-9(20-10)11(16)14-8(12(17)18)5-6-19-2/h3-4,8H,5-6H2,1-2H3,(H,13,15)(H,14,16)(H,17,18). The highest BCUT2D eigenvalue weighted by molar-refractivity contribution is 7.98. The van der Waals surface area contributed by atoms with Gasteiger partial charge in [0, 0.05) is 6.92 Å². The molecule has 110 valence electrons. The molecule has 6 nitrogen and oxygen atoms in total. The molecule has 0 fully saturated rings. The van der Waals surface area contributed by atoms with E-state index in [4.69, 9.17) is 5.11 Å². The number of hydrogen-bond acceptors (Lipinski definition) is 5. The van der Waals surface area contributed by atoms with Crippen molar-refractivity contribution in [3.63, 3.8) is 0 Å². The van der Waals surface area contributed by atoms with Gasteiger partial charge in [0.2, 0.25) is 5.91 Å². The Morgan fingerprint density at radius 3 is 2.65 bits per heavy atom. The van der Waals surface area contributed by atoms with E-state index in [2.05, 4.69) is 10.6 Å². The molecular weight excluding hydrogens is 300 g/mol. The van der Waals surface area contributed by atoms with Gasteiger partial charge in [-0.2, -0.15) is 11.8 Å². The fraction of sp³-hybridized carbons (Fsp3) is 0.417. The average Bonchev–Trinajstić information content (AvgIpc) is 2.81. The Morgan fingerprint density at radius 2 is 2.10 bits per heavy atom. The van der Waals surface area contributed by atoms with Crippen LogP contribution in [0.2, 0.25) is 0 Å². The molecule has 0 aliphatic heterocycles. The number of rotatable bonds is 7. The van der Waals surface area contributed by atoms with Crippen molar-refractivity contribution in [1.82, 2.24) is 5.32 Å². The van der Waals surface area contributed by atoms with E-state index in [1.807, 2.05) is 6.26 Å². The molecule has 1 aromatic rings. The van der Waals surface area contributed by atoms with E-state index >= 15 is 0 Å². The molecular formula is C12H16N2O4S2. The monoisotopic (exact) mass is 316 g/mol. The largest absolute Gasteiger partial charge is 0.480 e. The molecule has 1 atom stereocenters. The number of amides is 2. The molecule has 1 aromatic heterocycles. The van der Waals surface area contributed by atoms with Gasteiger partial charge >= 0.3 is 5.97 Å². The van der Waals surface area contributed by atoms with E-state index in [9.17, 15) is 14.4 Å². The Hall–Kier alpha value is -1.54. The first-order valence-corrected chi connectivity index (χ1v) is 8.05. The molecule has 1 rings (SSSR count). The highest BCUT2D eigenvalue weighted by atomic mass is 32.2. The lowest BCUT2D eigenvalue weighted by Crippen LogP contribution is -2.40. The number of anilines is 1. The number of carboxylic acid groups (broad SMARTS) is 1. The maximum absolute atomic E-state index is 11.9. The predicted molar refractivity (Wildman–Crippen MR) is 80.5 cm³/mol. The predicted octanol–water partition coefficient (Wildman–Crippen LogP) is 1.64. The van der Waals surface area contributed by atoms with Crippen LogP contribution >= 0.6 is 23.1 Å². The zero-order valence-electron chi connectivity index (χ0n) is 11.1. The zero-order chi connectivity index (χ0) is 15.1. The number of hydrogen-bond donors (Lipinski definition) is 3. The van der Waals surface area contributed by atoms with Crippen molar-refractivity contribution in [2.45, 2.75) is 19.4 Å². The summed E-state index contributed by atoms with van der Waals surface area (Å²) in [5.74, 6) is -1.06. The summed E-state index contributed by atoms with van der Waals surface area (Å²) in [5, 5.41) is 14.6. The number of carboxylic acids is 1. The third kappa shape index (κ3) is 5.22. The highest BCUT2D eigenvalue weighted by Crippen LogP contribution is 2.21.